The van der Waals surface area contributed by atoms with Gasteiger partial charge in [-0.3, -0.25) is 4.79 Å². The fourth-order valence-electron chi connectivity index (χ4n) is 2.46. The van der Waals surface area contributed by atoms with Crippen molar-refractivity contribution in [2.24, 2.45) is 11.7 Å². The molecule has 108 valence electrons. The van der Waals surface area contributed by atoms with Crippen molar-refractivity contribution in [3.05, 3.63) is 28.7 Å². The summed E-state index contributed by atoms with van der Waals surface area (Å²) in [5.74, 6) is -0.130. The van der Waals surface area contributed by atoms with Crippen molar-refractivity contribution in [3.8, 4) is 0 Å². The van der Waals surface area contributed by atoms with Crippen LogP contribution in [0.2, 0.25) is 0 Å². The number of piperidine rings is 1. The van der Waals surface area contributed by atoms with Gasteiger partial charge in [-0.05, 0) is 46.8 Å². The predicted molar refractivity (Wildman–Crippen MR) is 81.3 cm³/mol. The molecule has 1 aliphatic rings. The minimum atomic E-state index is -0.303. The molecule has 0 aliphatic carbocycles. The van der Waals surface area contributed by atoms with Crippen molar-refractivity contribution >= 4 is 33.6 Å². The highest BCUT2D eigenvalue weighted by Gasteiger charge is 2.24. The molecule has 5 nitrogen and oxygen atoms in total. The van der Waals surface area contributed by atoms with Crippen LogP contribution in [-0.2, 0) is 4.79 Å². The van der Waals surface area contributed by atoms with Crippen LogP contribution in [0, 0.1) is 5.92 Å². The number of anilines is 1. The molecule has 2 rings (SSSR count). The number of para-hydroxylation sites is 1. The maximum absolute atomic E-state index is 12.2. The van der Waals surface area contributed by atoms with E-state index in [1.165, 1.54) is 0 Å². The van der Waals surface area contributed by atoms with Crippen LogP contribution in [-0.4, -0.2) is 29.9 Å². The molecule has 0 saturated carbocycles. The minimum absolute atomic E-state index is 0.133. The minimum Gasteiger partial charge on any atom is -0.370 e. The fourth-order valence-corrected chi connectivity index (χ4v) is 2.84. The summed E-state index contributed by atoms with van der Waals surface area (Å²) in [6, 6.07) is 7.34. The molecular weight excluding hydrogens is 322 g/mol. The van der Waals surface area contributed by atoms with Gasteiger partial charge in [0.2, 0.25) is 5.91 Å². The number of halogens is 1. The summed E-state index contributed by atoms with van der Waals surface area (Å²) in [7, 11) is 0. The van der Waals surface area contributed by atoms with E-state index >= 15 is 0 Å². The van der Waals surface area contributed by atoms with Crippen LogP contribution in [0.5, 0.6) is 0 Å². The summed E-state index contributed by atoms with van der Waals surface area (Å²) in [5.41, 5.74) is 5.97. The Morgan fingerprint density at radius 2 is 2.15 bits per heavy atom. The molecule has 0 radical (unpaired) electrons. The number of benzene rings is 1. The number of hydrogen-bond donors (Lipinski definition) is 2. The number of carbonyl (C=O) groups is 2. The largest absolute Gasteiger partial charge is 0.370 e. The molecule has 0 bridgehead atoms. The molecule has 3 amide bonds. The van der Waals surface area contributed by atoms with Crippen molar-refractivity contribution < 1.29 is 9.59 Å². The molecule has 6 heteroatoms. The summed E-state index contributed by atoms with van der Waals surface area (Å²) in [5, 5.41) is 2.88. The van der Waals surface area contributed by atoms with E-state index in [0.717, 1.165) is 23.0 Å². The van der Waals surface area contributed by atoms with Crippen LogP contribution in [0.15, 0.2) is 28.7 Å². The van der Waals surface area contributed by atoms with Gasteiger partial charge in [0.25, 0.3) is 0 Å². The van der Waals surface area contributed by atoms with Crippen LogP contribution < -0.4 is 11.1 Å². The van der Waals surface area contributed by atoms with Gasteiger partial charge in [-0.1, -0.05) is 12.1 Å². The molecule has 0 spiro atoms. The topological polar surface area (TPSA) is 75.4 Å². The van der Waals surface area contributed by atoms with E-state index in [-0.39, 0.29) is 17.9 Å². The van der Waals surface area contributed by atoms with E-state index in [2.05, 4.69) is 21.2 Å². The summed E-state index contributed by atoms with van der Waals surface area (Å²) < 4.78 is 0.846. The summed E-state index contributed by atoms with van der Waals surface area (Å²) >= 11 is 3.40. The van der Waals surface area contributed by atoms with Crippen LogP contribution in [0.25, 0.3) is 0 Å². The molecule has 1 aromatic rings. The van der Waals surface area contributed by atoms with Crippen LogP contribution >= 0.6 is 15.9 Å². The molecule has 1 aromatic carbocycles. The Balaban J connectivity index is 1.95. The molecule has 1 heterocycles. The lowest BCUT2D eigenvalue weighted by Gasteiger charge is -2.32. The number of primary amides is 1. The smallest absolute Gasteiger partial charge is 0.321 e. The number of likely N-dealkylation sites (tertiary alicyclic amines) is 1. The first-order chi connectivity index (χ1) is 9.56. The van der Waals surface area contributed by atoms with Crippen molar-refractivity contribution in [1.29, 1.82) is 0 Å². The summed E-state index contributed by atoms with van der Waals surface area (Å²) in [6.45, 7) is 1.30. The van der Waals surface area contributed by atoms with E-state index in [1.807, 2.05) is 24.3 Å². The van der Waals surface area contributed by atoms with E-state index in [4.69, 9.17) is 5.73 Å². The Hall–Kier alpha value is -1.56. The molecule has 3 N–H and O–H groups in total. The van der Waals surface area contributed by atoms with Crippen molar-refractivity contribution in [3.63, 3.8) is 0 Å². The summed E-state index contributed by atoms with van der Waals surface area (Å²) in [6.07, 6.45) is 2.20. The number of urea groups is 1. The molecule has 1 fully saturated rings. The molecule has 1 atom stereocenters. The Labute approximate surface area is 126 Å². The summed E-state index contributed by atoms with van der Waals surface area (Å²) in [4.78, 5) is 25.0. The maximum atomic E-state index is 12.2. The van der Waals surface area contributed by atoms with Crippen molar-refractivity contribution in [2.45, 2.75) is 19.3 Å². The van der Waals surface area contributed by atoms with E-state index in [0.29, 0.717) is 19.5 Å². The first-order valence-corrected chi connectivity index (χ1v) is 7.44. The first kappa shape index (κ1) is 14.8. The molecular formula is C14H18BrN3O2. The third-order valence-corrected chi connectivity index (χ3v) is 4.10. The van der Waals surface area contributed by atoms with E-state index in [1.54, 1.807) is 4.90 Å². The Kier molecular flexibility index (Phi) is 5.00. The highest BCUT2D eigenvalue weighted by Crippen LogP contribution is 2.23. The SMILES string of the molecule is NC(=O)C[C@@H]1CCCN(C(=O)Nc2ccccc2Br)C1. The standard InChI is InChI=1S/C14H18BrN3O2/c15-11-5-1-2-6-12(11)17-14(20)18-7-3-4-10(9-18)8-13(16)19/h1-2,5-6,10H,3-4,7-9H2,(H2,16,19)(H,17,20)/t10-/m0/s1. The zero-order valence-corrected chi connectivity index (χ0v) is 12.7. The molecule has 0 aromatic heterocycles. The van der Waals surface area contributed by atoms with E-state index in [9.17, 15) is 9.59 Å². The highest BCUT2D eigenvalue weighted by molar-refractivity contribution is 9.10. The number of carbonyl (C=O) groups excluding carboxylic acids is 2. The van der Waals surface area contributed by atoms with Gasteiger partial charge in [0.1, 0.15) is 0 Å². The molecule has 1 saturated heterocycles. The number of nitrogens with zero attached hydrogens (tertiary/aromatic N) is 1. The van der Waals surface area contributed by atoms with Gasteiger partial charge in [0.05, 0.1) is 5.69 Å². The third-order valence-electron chi connectivity index (χ3n) is 3.41. The van der Waals surface area contributed by atoms with Crippen molar-refractivity contribution in [2.75, 3.05) is 18.4 Å². The highest BCUT2D eigenvalue weighted by atomic mass is 79.9. The second-order valence-electron chi connectivity index (χ2n) is 5.03. The van der Waals surface area contributed by atoms with Crippen LogP contribution in [0.1, 0.15) is 19.3 Å². The third kappa shape index (κ3) is 3.96. The average molecular weight is 340 g/mol. The number of amides is 3. The quantitative estimate of drug-likeness (QED) is 0.887. The van der Waals surface area contributed by atoms with Crippen molar-refractivity contribution in [1.82, 2.24) is 4.90 Å². The van der Waals surface area contributed by atoms with Crippen LogP contribution in [0.4, 0.5) is 10.5 Å². The van der Waals surface area contributed by atoms with Gasteiger partial charge < -0.3 is 16.0 Å². The molecule has 20 heavy (non-hydrogen) atoms. The number of hydrogen-bond acceptors (Lipinski definition) is 2. The lowest BCUT2D eigenvalue weighted by Crippen LogP contribution is -2.43. The first-order valence-electron chi connectivity index (χ1n) is 6.65. The Morgan fingerprint density at radius 1 is 1.40 bits per heavy atom. The maximum Gasteiger partial charge on any atom is 0.321 e. The second-order valence-corrected chi connectivity index (χ2v) is 5.89. The van der Waals surface area contributed by atoms with Crippen LogP contribution in [0.3, 0.4) is 0 Å². The Bertz CT molecular complexity index is 507. The van der Waals surface area contributed by atoms with Gasteiger partial charge in [0.15, 0.2) is 0 Å². The average Bonchev–Trinajstić information content (AvgIpc) is 2.41. The number of nitrogens with one attached hydrogen (secondary N) is 1. The van der Waals surface area contributed by atoms with Gasteiger partial charge in [0, 0.05) is 24.0 Å². The zero-order chi connectivity index (χ0) is 14.5. The fraction of sp³-hybridized carbons (Fsp3) is 0.429. The monoisotopic (exact) mass is 339 g/mol. The lowest BCUT2D eigenvalue weighted by molar-refractivity contribution is -0.119. The lowest BCUT2D eigenvalue weighted by atomic mass is 9.95. The normalized spacial score (nSPS) is 18.6. The molecule has 1 aliphatic heterocycles. The number of rotatable bonds is 3. The second kappa shape index (κ2) is 6.74. The zero-order valence-electron chi connectivity index (χ0n) is 11.1. The van der Waals surface area contributed by atoms with Gasteiger partial charge in [-0.15, -0.1) is 0 Å². The molecule has 0 unspecified atom stereocenters. The number of nitrogens with two attached hydrogens (primary N) is 1. The van der Waals surface area contributed by atoms with E-state index < -0.39 is 0 Å². The van der Waals surface area contributed by atoms with Gasteiger partial charge in [-0.25, -0.2) is 4.79 Å². The van der Waals surface area contributed by atoms with Gasteiger partial charge >= 0.3 is 6.03 Å². The predicted octanol–water partition coefficient (Wildman–Crippen LogP) is 2.57. The Morgan fingerprint density at radius 3 is 2.85 bits per heavy atom. The van der Waals surface area contributed by atoms with Gasteiger partial charge in [-0.2, -0.15) is 0 Å².